The maximum absolute atomic E-state index is 13.2. The number of imidazole rings is 1. The van der Waals surface area contributed by atoms with Crippen molar-refractivity contribution in [3.8, 4) is 0 Å². The largest absolute Gasteiger partial charge is 0.349 e. The molecule has 1 aromatic heterocycles. The van der Waals surface area contributed by atoms with E-state index >= 15 is 0 Å². The highest BCUT2D eigenvalue weighted by Crippen LogP contribution is 2.46. The van der Waals surface area contributed by atoms with Crippen LogP contribution in [0.25, 0.3) is 11.0 Å². The predicted molar refractivity (Wildman–Crippen MR) is 182 cm³/mol. The summed E-state index contributed by atoms with van der Waals surface area (Å²) in [5, 5.41) is 8.47. The Kier molecular flexibility index (Phi) is 8.46. The van der Waals surface area contributed by atoms with Crippen LogP contribution in [0.4, 0.5) is 0 Å². The van der Waals surface area contributed by atoms with E-state index in [1.165, 1.54) is 55.0 Å². The van der Waals surface area contributed by atoms with E-state index in [4.69, 9.17) is 21.7 Å². The molecule has 4 aromatic rings. The van der Waals surface area contributed by atoms with Gasteiger partial charge in [-0.25, -0.2) is 18.5 Å². The summed E-state index contributed by atoms with van der Waals surface area (Å²) in [6.07, 6.45) is 9.70. The van der Waals surface area contributed by atoms with E-state index in [2.05, 4.69) is 76.3 Å². The molecule has 3 atom stereocenters. The second kappa shape index (κ2) is 12.4. The molecule has 0 spiro atoms. The number of hydrogen-bond donors (Lipinski definition) is 2. The van der Waals surface area contributed by atoms with Crippen molar-refractivity contribution < 1.29 is 13.2 Å². The van der Waals surface area contributed by atoms with E-state index in [1.54, 1.807) is 0 Å². The molecule has 10 heteroatoms. The normalized spacial score (nSPS) is 26.8. The number of piperidine rings is 1. The zero-order valence-corrected chi connectivity index (χ0v) is 27.8. The van der Waals surface area contributed by atoms with Crippen molar-refractivity contribution in [3.05, 3.63) is 94.8 Å². The Morgan fingerprint density at radius 2 is 1.63 bits per heavy atom. The minimum atomic E-state index is -3.90. The average molecular weight is 660 g/mol. The number of nitrogens with one attached hydrogen (secondary N) is 1. The third kappa shape index (κ3) is 5.99. The number of halogens is 1. The van der Waals surface area contributed by atoms with E-state index in [0.717, 1.165) is 50.0 Å². The van der Waals surface area contributed by atoms with Crippen molar-refractivity contribution in [2.45, 2.75) is 99.2 Å². The molecule has 8 nitrogen and oxygen atoms in total. The fourth-order valence-corrected chi connectivity index (χ4v) is 9.57. The number of primary sulfonamides is 1. The SMILES string of the molecule is Cc1nc2ccccc2n1C1C[C@H]2CC[C@@H](C1)N2CCC1(c2ccccc2)CCC(NC(=O)c2ccc(S(N)(=O)=O)cc2Cl)CC1. The molecule has 1 aliphatic carbocycles. The number of carbonyl (C=O) groups is 1. The average Bonchev–Trinajstić information content (AvgIpc) is 3.50. The van der Waals surface area contributed by atoms with Crippen LogP contribution in [0.5, 0.6) is 0 Å². The van der Waals surface area contributed by atoms with E-state index in [9.17, 15) is 13.2 Å². The number of para-hydroxylation sites is 2. The van der Waals surface area contributed by atoms with E-state index in [-0.39, 0.29) is 32.8 Å². The number of sulfonamides is 1. The third-order valence-electron chi connectivity index (χ3n) is 11.0. The third-order valence-corrected chi connectivity index (χ3v) is 12.2. The molecule has 3 aromatic carbocycles. The quantitative estimate of drug-likeness (QED) is 0.224. The monoisotopic (exact) mass is 659 g/mol. The Labute approximate surface area is 276 Å². The predicted octanol–water partition coefficient (Wildman–Crippen LogP) is 6.51. The van der Waals surface area contributed by atoms with Crippen molar-refractivity contribution in [1.82, 2.24) is 19.8 Å². The van der Waals surface area contributed by atoms with Gasteiger partial charge in [0.2, 0.25) is 10.0 Å². The molecule has 0 radical (unpaired) electrons. The molecule has 2 aliphatic heterocycles. The Bertz CT molecular complexity index is 1840. The molecule has 3 N–H and O–H groups in total. The molecule has 242 valence electrons. The number of nitrogens with zero attached hydrogens (tertiary/aromatic N) is 3. The molecule has 7 rings (SSSR count). The summed E-state index contributed by atoms with van der Waals surface area (Å²) < 4.78 is 25.9. The second-order valence-corrected chi connectivity index (χ2v) is 15.6. The first kappa shape index (κ1) is 31.4. The molecule has 3 fully saturated rings. The summed E-state index contributed by atoms with van der Waals surface area (Å²) in [6.45, 7) is 3.24. The molecule has 2 saturated heterocycles. The van der Waals surface area contributed by atoms with Gasteiger partial charge in [-0.15, -0.1) is 0 Å². The number of hydrogen-bond acceptors (Lipinski definition) is 5. The Balaban J connectivity index is 1.02. The molecule has 1 unspecified atom stereocenters. The smallest absolute Gasteiger partial charge is 0.253 e. The maximum atomic E-state index is 13.2. The Morgan fingerprint density at radius 3 is 2.30 bits per heavy atom. The topological polar surface area (TPSA) is 110 Å². The standard InChI is InChI=1S/C36H42ClN5O3S/c1-24-39-33-9-5-6-10-34(33)42(24)29-21-27-11-12-28(22-29)41(27)20-19-36(25-7-3-2-4-8-25)17-15-26(16-18-36)40-35(43)31-14-13-30(23-32(31)37)46(38,44)45/h2-10,13-14,23,26-29H,11-12,15-22H2,1H3,(H,40,43)(H2,38,44,45)/t26?,27-,28+,29?,36?. The van der Waals surface area contributed by atoms with Gasteiger partial charge in [-0.1, -0.05) is 54.1 Å². The number of amides is 1. The first-order valence-corrected chi connectivity index (χ1v) is 18.4. The van der Waals surface area contributed by atoms with Crippen molar-refractivity contribution in [3.63, 3.8) is 0 Å². The van der Waals surface area contributed by atoms with E-state index in [0.29, 0.717) is 18.1 Å². The number of nitrogens with two attached hydrogens (primary N) is 1. The molecular weight excluding hydrogens is 618 g/mol. The number of rotatable bonds is 8. The lowest BCUT2D eigenvalue weighted by molar-refractivity contribution is 0.0851. The van der Waals surface area contributed by atoms with Crippen LogP contribution in [0.15, 0.2) is 77.7 Å². The molecular formula is C36H42ClN5O3S. The van der Waals surface area contributed by atoms with Gasteiger partial charge >= 0.3 is 0 Å². The number of aromatic nitrogens is 2. The molecule has 3 heterocycles. The van der Waals surface area contributed by atoms with Gasteiger partial charge in [0.25, 0.3) is 5.91 Å². The van der Waals surface area contributed by atoms with Gasteiger partial charge in [-0.3, -0.25) is 9.69 Å². The highest BCUT2D eigenvalue weighted by atomic mass is 35.5. The lowest BCUT2D eigenvalue weighted by atomic mass is 9.66. The summed E-state index contributed by atoms with van der Waals surface area (Å²) in [5.41, 5.74) is 4.06. The van der Waals surface area contributed by atoms with Gasteiger partial charge < -0.3 is 9.88 Å². The first-order valence-electron chi connectivity index (χ1n) is 16.5. The van der Waals surface area contributed by atoms with Crippen molar-refractivity contribution in [2.75, 3.05) is 6.54 Å². The summed E-state index contributed by atoms with van der Waals surface area (Å²) in [4.78, 5) is 20.7. The molecule has 3 aliphatic rings. The lowest BCUT2D eigenvalue weighted by Crippen LogP contribution is -2.47. The van der Waals surface area contributed by atoms with Crippen LogP contribution in [-0.2, 0) is 15.4 Å². The summed E-state index contributed by atoms with van der Waals surface area (Å²) in [6, 6.07) is 25.2. The van der Waals surface area contributed by atoms with Crippen LogP contribution < -0.4 is 10.5 Å². The van der Waals surface area contributed by atoms with Crippen molar-refractivity contribution in [1.29, 1.82) is 0 Å². The lowest BCUT2D eigenvalue weighted by Gasteiger charge is -2.45. The minimum Gasteiger partial charge on any atom is -0.349 e. The van der Waals surface area contributed by atoms with E-state index in [1.807, 2.05) is 0 Å². The van der Waals surface area contributed by atoms with Crippen LogP contribution in [-0.4, -0.2) is 53.4 Å². The maximum Gasteiger partial charge on any atom is 0.253 e. The van der Waals surface area contributed by atoms with Crippen LogP contribution in [0.1, 0.15) is 85.6 Å². The van der Waals surface area contributed by atoms with Crippen LogP contribution >= 0.6 is 11.6 Å². The Morgan fingerprint density at radius 1 is 0.957 bits per heavy atom. The number of aryl methyl sites for hydroxylation is 1. The highest BCUT2D eigenvalue weighted by Gasteiger charge is 2.44. The van der Waals surface area contributed by atoms with Crippen LogP contribution in [0.2, 0.25) is 5.02 Å². The molecule has 46 heavy (non-hydrogen) atoms. The fourth-order valence-electron chi connectivity index (χ4n) is 8.70. The Hall–Kier alpha value is -3.24. The van der Waals surface area contributed by atoms with E-state index < -0.39 is 10.0 Å². The van der Waals surface area contributed by atoms with Crippen LogP contribution in [0.3, 0.4) is 0 Å². The molecule has 1 amide bonds. The number of fused-ring (bicyclic) bond motifs is 3. The van der Waals surface area contributed by atoms with Gasteiger partial charge in [0.15, 0.2) is 0 Å². The van der Waals surface area contributed by atoms with Crippen molar-refractivity contribution in [2.24, 2.45) is 5.14 Å². The first-order chi connectivity index (χ1) is 22.1. The summed E-state index contributed by atoms with van der Waals surface area (Å²) in [7, 11) is -3.90. The molecule has 2 bridgehead atoms. The van der Waals surface area contributed by atoms with Gasteiger partial charge in [-0.05, 0) is 113 Å². The number of carbonyl (C=O) groups excluding carboxylic acids is 1. The van der Waals surface area contributed by atoms with Crippen LogP contribution in [0, 0.1) is 6.92 Å². The van der Waals surface area contributed by atoms with Gasteiger partial charge in [-0.2, -0.15) is 0 Å². The van der Waals surface area contributed by atoms with Gasteiger partial charge in [0.05, 0.1) is 26.5 Å². The van der Waals surface area contributed by atoms with Gasteiger partial charge in [0.1, 0.15) is 5.82 Å². The second-order valence-electron chi connectivity index (χ2n) is 13.6. The minimum absolute atomic E-state index is 0.0264. The summed E-state index contributed by atoms with van der Waals surface area (Å²) >= 11 is 6.30. The fraction of sp³-hybridized carbons (Fsp3) is 0.444. The number of benzene rings is 3. The molecule has 1 saturated carbocycles. The zero-order valence-electron chi connectivity index (χ0n) is 26.2. The van der Waals surface area contributed by atoms with Gasteiger partial charge in [0, 0.05) is 24.2 Å². The van der Waals surface area contributed by atoms with Crippen molar-refractivity contribution >= 4 is 38.6 Å². The summed E-state index contributed by atoms with van der Waals surface area (Å²) in [5.74, 6) is 0.831. The zero-order chi connectivity index (χ0) is 32.1. The highest BCUT2D eigenvalue weighted by molar-refractivity contribution is 7.89.